The van der Waals surface area contributed by atoms with Gasteiger partial charge in [-0.1, -0.05) is 25.1 Å². The summed E-state index contributed by atoms with van der Waals surface area (Å²) in [5.41, 5.74) is 9.91. The molecular weight excluding hydrogens is 492 g/mol. The van der Waals surface area contributed by atoms with Crippen molar-refractivity contribution in [2.75, 3.05) is 37.7 Å². The van der Waals surface area contributed by atoms with Gasteiger partial charge >= 0.3 is 0 Å². The van der Waals surface area contributed by atoms with Crippen molar-refractivity contribution in [3.63, 3.8) is 0 Å². The van der Waals surface area contributed by atoms with E-state index in [1.807, 2.05) is 42.8 Å². The van der Waals surface area contributed by atoms with E-state index in [1.165, 1.54) is 4.31 Å². The van der Waals surface area contributed by atoms with Crippen molar-refractivity contribution in [3.05, 3.63) is 59.3 Å². The van der Waals surface area contributed by atoms with Gasteiger partial charge in [-0.3, -0.25) is 9.59 Å². The van der Waals surface area contributed by atoms with E-state index in [-0.39, 0.29) is 17.3 Å². The smallest absolute Gasteiger partial charge is 0.258 e. The minimum absolute atomic E-state index is 0.0181. The normalized spacial score (nSPS) is 17.6. The minimum atomic E-state index is -3.73. The van der Waals surface area contributed by atoms with Gasteiger partial charge in [0.05, 0.1) is 29.3 Å². The Kier molecular flexibility index (Phi) is 6.65. The third kappa shape index (κ3) is 4.35. The number of rotatable bonds is 7. The highest BCUT2D eigenvalue weighted by Crippen LogP contribution is 2.40. The maximum Gasteiger partial charge on any atom is 0.258 e. The minimum Gasteiger partial charge on any atom is -0.379 e. The Bertz CT molecular complexity index is 1530. The largest absolute Gasteiger partial charge is 0.379 e. The molecule has 0 unspecified atom stereocenters. The molecule has 0 spiro atoms. The lowest BCUT2D eigenvalue weighted by atomic mass is 10.0. The monoisotopic (exact) mass is 522 g/mol. The van der Waals surface area contributed by atoms with Crippen molar-refractivity contribution in [2.45, 2.75) is 31.7 Å². The topological polar surface area (TPSA) is 115 Å². The zero-order valence-corrected chi connectivity index (χ0v) is 21.8. The molecule has 0 radical (unpaired) electrons. The second-order valence-corrected chi connectivity index (χ2v) is 11.1. The molecule has 1 fully saturated rings. The molecule has 3 heterocycles. The van der Waals surface area contributed by atoms with Crippen LogP contribution in [0.4, 0.5) is 5.69 Å². The lowest BCUT2D eigenvalue weighted by molar-refractivity contribution is -0.118. The standard InChI is InChI=1S/C27H30N4O5S/c1-3-18-6-5-7-21-19(16-29(26(18)21)17-25(28)32)14-23-22-15-20(8-9-24(22)31(4-2)27(23)33)37(34,35)30-10-12-36-13-11-30/h5-9,14-16H,3-4,10-13,17H2,1-2H3,(H2,28,32). The number of primary amides is 1. The van der Waals surface area contributed by atoms with Crippen molar-refractivity contribution in [1.82, 2.24) is 8.87 Å². The van der Waals surface area contributed by atoms with E-state index in [2.05, 4.69) is 0 Å². The number of aryl methyl sites for hydroxylation is 1. The zero-order chi connectivity index (χ0) is 26.3. The van der Waals surface area contributed by atoms with Crippen molar-refractivity contribution < 1.29 is 22.7 Å². The Morgan fingerprint density at radius 2 is 1.89 bits per heavy atom. The van der Waals surface area contributed by atoms with Gasteiger partial charge in [0, 0.05) is 47.9 Å². The fourth-order valence-corrected chi connectivity index (χ4v) is 6.63. The van der Waals surface area contributed by atoms with Crippen LogP contribution in [0.25, 0.3) is 22.6 Å². The first-order chi connectivity index (χ1) is 17.8. The highest BCUT2D eigenvalue weighted by molar-refractivity contribution is 7.89. The molecule has 2 N–H and O–H groups in total. The zero-order valence-electron chi connectivity index (χ0n) is 20.9. The summed E-state index contributed by atoms with van der Waals surface area (Å²) < 4.78 is 35.2. The highest BCUT2D eigenvalue weighted by Gasteiger charge is 2.34. The number of sulfonamides is 1. The number of hydrogen-bond donors (Lipinski definition) is 1. The number of anilines is 1. The molecule has 3 aromatic rings. The number of carbonyl (C=O) groups excluding carboxylic acids is 2. The number of morpholine rings is 1. The van der Waals surface area contributed by atoms with Gasteiger partial charge in [0.1, 0.15) is 6.54 Å². The van der Waals surface area contributed by atoms with Gasteiger partial charge in [0.15, 0.2) is 0 Å². The fourth-order valence-electron chi connectivity index (χ4n) is 5.20. The molecule has 0 bridgehead atoms. The number of nitrogens with zero attached hydrogens (tertiary/aromatic N) is 3. The molecule has 2 amide bonds. The van der Waals surface area contributed by atoms with Crippen molar-refractivity contribution in [2.24, 2.45) is 5.73 Å². The Morgan fingerprint density at radius 3 is 2.57 bits per heavy atom. The first kappa shape index (κ1) is 25.2. The van der Waals surface area contributed by atoms with Crippen molar-refractivity contribution >= 4 is 50.1 Å². The summed E-state index contributed by atoms with van der Waals surface area (Å²) in [5, 5.41) is 0.898. The van der Waals surface area contributed by atoms with E-state index in [4.69, 9.17) is 10.5 Å². The number of ether oxygens (including phenoxy) is 1. The van der Waals surface area contributed by atoms with Crippen LogP contribution < -0.4 is 10.6 Å². The van der Waals surface area contributed by atoms with Gasteiger partial charge in [0.25, 0.3) is 5.91 Å². The van der Waals surface area contributed by atoms with Gasteiger partial charge in [-0.05, 0) is 43.2 Å². The molecule has 0 atom stereocenters. The molecule has 37 heavy (non-hydrogen) atoms. The number of aromatic nitrogens is 1. The number of benzene rings is 2. The molecular formula is C27H30N4O5S. The van der Waals surface area contributed by atoms with Crippen LogP contribution in [0.2, 0.25) is 0 Å². The molecule has 2 aliphatic rings. The molecule has 5 rings (SSSR count). The fraction of sp³-hybridized carbons (Fsp3) is 0.333. The van der Waals surface area contributed by atoms with E-state index in [9.17, 15) is 18.0 Å². The number of hydrogen-bond acceptors (Lipinski definition) is 5. The third-order valence-corrected chi connectivity index (χ3v) is 8.86. The predicted molar refractivity (Wildman–Crippen MR) is 142 cm³/mol. The van der Waals surface area contributed by atoms with E-state index < -0.39 is 15.9 Å². The summed E-state index contributed by atoms with van der Waals surface area (Å²) in [6.45, 7) is 5.68. The molecule has 10 heteroatoms. The summed E-state index contributed by atoms with van der Waals surface area (Å²) >= 11 is 0. The highest BCUT2D eigenvalue weighted by atomic mass is 32.2. The average Bonchev–Trinajstić information content (AvgIpc) is 3.37. The summed E-state index contributed by atoms with van der Waals surface area (Å²) in [6, 6.07) is 10.8. The lowest BCUT2D eigenvalue weighted by Gasteiger charge is -2.26. The summed E-state index contributed by atoms with van der Waals surface area (Å²) in [5.74, 6) is -0.653. The van der Waals surface area contributed by atoms with Crippen LogP contribution in [0.15, 0.2) is 47.5 Å². The Labute approximate surface area is 216 Å². The van der Waals surface area contributed by atoms with Crippen LogP contribution in [0, 0.1) is 0 Å². The van der Waals surface area contributed by atoms with Crippen LogP contribution >= 0.6 is 0 Å². The number of carbonyl (C=O) groups is 2. The predicted octanol–water partition coefficient (Wildman–Crippen LogP) is 2.62. The number of para-hydroxylation sites is 1. The van der Waals surface area contributed by atoms with Crippen LogP contribution in [0.3, 0.4) is 0 Å². The number of fused-ring (bicyclic) bond motifs is 2. The van der Waals surface area contributed by atoms with Gasteiger partial charge < -0.3 is 19.9 Å². The van der Waals surface area contributed by atoms with Crippen molar-refractivity contribution in [1.29, 1.82) is 0 Å². The molecule has 0 aliphatic carbocycles. The van der Waals surface area contributed by atoms with E-state index in [1.54, 1.807) is 29.2 Å². The molecule has 2 aliphatic heterocycles. The average molecular weight is 523 g/mol. The van der Waals surface area contributed by atoms with Crippen LogP contribution in [0.5, 0.6) is 0 Å². The molecule has 0 saturated carbocycles. The number of nitrogens with two attached hydrogens (primary N) is 1. The summed E-state index contributed by atoms with van der Waals surface area (Å²) in [4.78, 5) is 27.1. The first-order valence-corrected chi connectivity index (χ1v) is 13.8. The molecule has 1 saturated heterocycles. The molecule has 194 valence electrons. The second kappa shape index (κ2) is 9.77. The van der Waals surface area contributed by atoms with Gasteiger partial charge in [-0.25, -0.2) is 8.42 Å². The van der Waals surface area contributed by atoms with Gasteiger partial charge in [-0.15, -0.1) is 0 Å². The third-order valence-electron chi connectivity index (χ3n) is 6.97. The van der Waals surface area contributed by atoms with Crippen molar-refractivity contribution in [3.8, 4) is 0 Å². The van der Waals surface area contributed by atoms with Gasteiger partial charge in [0.2, 0.25) is 15.9 Å². The SMILES string of the molecule is CCc1cccc2c(C=C3C(=O)N(CC)c4ccc(S(=O)(=O)N5CCOCC5)cc43)cn(CC(N)=O)c12. The maximum atomic E-state index is 13.5. The van der Waals surface area contributed by atoms with Crippen LogP contribution in [-0.4, -0.2) is 62.0 Å². The summed E-state index contributed by atoms with van der Waals surface area (Å²) in [7, 11) is -3.73. The van der Waals surface area contributed by atoms with E-state index in [0.717, 1.165) is 28.5 Å². The Morgan fingerprint density at radius 1 is 1.14 bits per heavy atom. The van der Waals surface area contributed by atoms with Gasteiger partial charge in [-0.2, -0.15) is 4.31 Å². The number of likely N-dealkylation sites (N-methyl/N-ethyl adjacent to an activating group) is 1. The lowest BCUT2D eigenvalue weighted by Crippen LogP contribution is -2.40. The van der Waals surface area contributed by atoms with Crippen LogP contribution in [-0.2, 0) is 37.3 Å². The molecule has 9 nitrogen and oxygen atoms in total. The molecule has 1 aromatic heterocycles. The second-order valence-electron chi connectivity index (χ2n) is 9.15. The summed E-state index contributed by atoms with van der Waals surface area (Å²) in [6.07, 6.45) is 4.39. The van der Waals surface area contributed by atoms with Crippen LogP contribution in [0.1, 0.15) is 30.5 Å². The maximum absolute atomic E-state index is 13.5. The Hall–Kier alpha value is -3.47. The number of amides is 2. The van der Waals surface area contributed by atoms with E-state index >= 15 is 0 Å². The Balaban J connectivity index is 1.66. The molecule has 2 aromatic carbocycles. The van der Waals surface area contributed by atoms with E-state index in [0.29, 0.717) is 49.7 Å². The quantitative estimate of drug-likeness (QED) is 0.479. The first-order valence-electron chi connectivity index (χ1n) is 12.4.